The van der Waals surface area contributed by atoms with Crippen molar-refractivity contribution in [2.75, 3.05) is 44.3 Å². The van der Waals surface area contributed by atoms with Crippen LogP contribution in [0.2, 0.25) is 5.02 Å². The molecule has 2 aromatic carbocycles. The van der Waals surface area contributed by atoms with Gasteiger partial charge in [0.2, 0.25) is 0 Å². The number of benzene rings is 2. The lowest BCUT2D eigenvalue weighted by molar-refractivity contribution is 0.0391. The number of hydrogen-bond acceptors (Lipinski definition) is 5. The summed E-state index contributed by atoms with van der Waals surface area (Å²) in [5.74, 6) is -0.0385. The van der Waals surface area contributed by atoms with Crippen LogP contribution in [-0.4, -0.2) is 55.2 Å². The third-order valence-electron chi connectivity index (χ3n) is 4.88. The first-order valence-electron chi connectivity index (χ1n) is 9.35. The van der Waals surface area contributed by atoms with Gasteiger partial charge in [0.05, 0.1) is 22.9 Å². The second-order valence-corrected chi connectivity index (χ2v) is 8.28. The number of nitrogens with zero attached hydrogens (tertiary/aromatic N) is 3. The topological polar surface area (TPSA) is 45.7 Å². The highest BCUT2D eigenvalue weighted by atomic mass is 35.5. The summed E-state index contributed by atoms with van der Waals surface area (Å²) >= 11 is 7.81. The van der Waals surface area contributed by atoms with Crippen molar-refractivity contribution in [3.8, 4) is 0 Å². The molecule has 0 atom stereocenters. The Balaban J connectivity index is 1.64. The molecule has 2 heterocycles. The lowest BCUT2D eigenvalue weighted by Gasteiger charge is -2.29. The Labute approximate surface area is 173 Å². The Morgan fingerprint density at radius 1 is 1.21 bits per heavy atom. The summed E-state index contributed by atoms with van der Waals surface area (Å²) in [5.41, 5.74) is 2.54. The van der Waals surface area contributed by atoms with E-state index in [1.54, 1.807) is 4.90 Å². The molecule has 1 amide bonds. The first-order chi connectivity index (χ1) is 13.6. The van der Waals surface area contributed by atoms with E-state index in [0.29, 0.717) is 22.3 Å². The number of carbonyl (C=O) groups is 1. The molecule has 5 nitrogen and oxygen atoms in total. The summed E-state index contributed by atoms with van der Waals surface area (Å²) in [7, 11) is 0. The molecule has 1 aliphatic heterocycles. The third kappa shape index (κ3) is 4.20. The number of para-hydroxylation sites is 1. The number of aromatic nitrogens is 1. The number of aryl methyl sites for hydroxylation is 1. The lowest BCUT2D eigenvalue weighted by Crippen LogP contribution is -2.43. The van der Waals surface area contributed by atoms with Crippen LogP contribution in [0.3, 0.4) is 0 Å². The van der Waals surface area contributed by atoms with E-state index in [0.717, 1.165) is 48.6 Å². The maximum atomic E-state index is 13.3. The van der Waals surface area contributed by atoms with Gasteiger partial charge in [-0.05, 0) is 31.2 Å². The van der Waals surface area contributed by atoms with E-state index in [-0.39, 0.29) is 5.91 Å². The number of hydrogen-bond donors (Lipinski definition) is 0. The minimum atomic E-state index is -0.0385. The van der Waals surface area contributed by atoms with Gasteiger partial charge in [-0.3, -0.25) is 14.6 Å². The van der Waals surface area contributed by atoms with Crippen molar-refractivity contribution in [1.29, 1.82) is 0 Å². The van der Waals surface area contributed by atoms with Gasteiger partial charge in [-0.2, -0.15) is 0 Å². The van der Waals surface area contributed by atoms with Crippen molar-refractivity contribution >= 4 is 44.2 Å². The number of thiazole rings is 1. The normalized spacial score (nSPS) is 15.1. The van der Waals surface area contributed by atoms with Gasteiger partial charge in [0.15, 0.2) is 5.13 Å². The zero-order valence-corrected chi connectivity index (χ0v) is 17.3. The van der Waals surface area contributed by atoms with Crippen LogP contribution in [0.5, 0.6) is 0 Å². The second kappa shape index (κ2) is 8.57. The standard InChI is InChI=1S/C21H22ClN3O2S/c1-15-5-7-16(8-6-15)20(26)25(10-9-24-11-13-27-14-12-24)21-23-19-17(22)3-2-4-18(19)28-21/h2-8H,9-14H2,1H3. The van der Waals surface area contributed by atoms with Gasteiger partial charge < -0.3 is 4.74 Å². The lowest BCUT2D eigenvalue weighted by atomic mass is 10.1. The van der Waals surface area contributed by atoms with E-state index < -0.39 is 0 Å². The highest BCUT2D eigenvalue weighted by Crippen LogP contribution is 2.33. The number of amides is 1. The van der Waals surface area contributed by atoms with E-state index in [2.05, 4.69) is 9.88 Å². The number of halogens is 1. The van der Waals surface area contributed by atoms with E-state index >= 15 is 0 Å². The van der Waals surface area contributed by atoms with Gasteiger partial charge in [0.25, 0.3) is 5.91 Å². The SMILES string of the molecule is Cc1ccc(C(=O)N(CCN2CCOCC2)c2nc3c(Cl)cccc3s2)cc1. The molecule has 1 aromatic heterocycles. The number of morpholine rings is 1. The van der Waals surface area contributed by atoms with E-state index in [1.165, 1.54) is 11.3 Å². The van der Waals surface area contributed by atoms with Gasteiger partial charge in [0, 0.05) is 31.7 Å². The van der Waals surface area contributed by atoms with Gasteiger partial charge in [0.1, 0.15) is 5.52 Å². The largest absolute Gasteiger partial charge is 0.379 e. The summed E-state index contributed by atoms with van der Waals surface area (Å²) < 4.78 is 6.41. The number of anilines is 1. The summed E-state index contributed by atoms with van der Waals surface area (Å²) in [4.78, 5) is 22.1. The average molecular weight is 416 g/mol. The molecule has 28 heavy (non-hydrogen) atoms. The molecule has 7 heteroatoms. The molecule has 0 radical (unpaired) electrons. The zero-order valence-electron chi connectivity index (χ0n) is 15.7. The second-order valence-electron chi connectivity index (χ2n) is 6.86. The third-order valence-corrected chi connectivity index (χ3v) is 6.23. The number of ether oxygens (including phenoxy) is 1. The van der Waals surface area contributed by atoms with Crippen molar-refractivity contribution in [3.63, 3.8) is 0 Å². The van der Waals surface area contributed by atoms with Crippen LogP contribution in [0.15, 0.2) is 42.5 Å². The maximum absolute atomic E-state index is 13.3. The Morgan fingerprint density at radius 3 is 2.68 bits per heavy atom. The van der Waals surface area contributed by atoms with Gasteiger partial charge in [-0.25, -0.2) is 4.98 Å². The molecule has 1 aliphatic rings. The fourth-order valence-electron chi connectivity index (χ4n) is 3.22. The molecule has 0 saturated carbocycles. The molecule has 4 rings (SSSR count). The summed E-state index contributed by atoms with van der Waals surface area (Å²) in [6.45, 7) is 6.62. The van der Waals surface area contributed by atoms with Crippen molar-refractivity contribution in [2.45, 2.75) is 6.92 Å². The Morgan fingerprint density at radius 2 is 1.96 bits per heavy atom. The van der Waals surface area contributed by atoms with Crippen LogP contribution in [0.4, 0.5) is 5.13 Å². The summed E-state index contributed by atoms with van der Waals surface area (Å²) in [5, 5.41) is 1.29. The highest BCUT2D eigenvalue weighted by Gasteiger charge is 2.23. The average Bonchev–Trinajstić information content (AvgIpc) is 3.15. The fraction of sp³-hybridized carbons (Fsp3) is 0.333. The quantitative estimate of drug-likeness (QED) is 0.625. The predicted molar refractivity (Wildman–Crippen MR) is 115 cm³/mol. The molecule has 146 valence electrons. The van der Waals surface area contributed by atoms with Crippen molar-refractivity contribution in [1.82, 2.24) is 9.88 Å². The summed E-state index contributed by atoms with van der Waals surface area (Å²) in [6.07, 6.45) is 0. The fourth-order valence-corrected chi connectivity index (χ4v) is 4.51. The first-order valence-corrected chi connectivity index (χ1v) is 10.5. The molecule has 0 unspecified atom stereocenters. The molecular formula is C21H22ClN3O2S. The molecular weight excluding hydrogens is 394 g/mol. The predicted octanol–water partition coefficient (Wildman–Crippen LogP) is 4.24. The first kappa shape index (κ1) is 19.3. The Hall–Kier alpha value is -1.99. The van der Waals surface area contributed by atoms with Crippen LogP contribution in [0.25, 0.3) is 10.2 Å². The van der Waals surface area contributed by atoms with Gasteiger partial charge in [-0.15, -0.1) is 0 Å². The van der Waals surface area contributed by atoms with Crippen molar-refractivity contribution in [3.05, 3.63) is 58.6 Å². The number of rotatable bonds is 5. The number of carbonyl (C=O) groups excluding carboxylic acids is 1. The minimum Gasteiger partial charge on any atom is -0.379 e. The van der Waals surface area contributed by atoms with Gasteiger partial charge >= 0.3 is 0 Å². The van der Waals surface area contributed by atoms with E-state index in [4.69, 9.17) is 16.3 Å². The maximum Gasteiger partial charge on any atom is 0.260 e. The van der Waals surface area contributed by atoms with Crippen LogP contribution in [0.1, 0.15) is 15.9 Å². The molecule has 1 fully saturated rings. The molecule has 0 N–H and O–H groups in total. The Kier molecular flexibility index (Phi) is 5.92. The zero-order chi connectivity index (χ0) is 19.5. The molecule has 0 spiro atoms. The summed E-state index contributed by atoms with van der Waals surface area (Å²) in [6, 6.07) is 13.4. The molecule has 0 bridgehead atoms. The molecule has 0 aliphatic carbocycles. The van der Waals surface area contributed by atoms with E-state index in [9.17, 15) is 4.79 Å². The minimum absolute atomic E-state index is 0.0385. The van der Waals surface area contributed by atoms with Crippen LogP contribution < -0.4 is 4.90 Å². The van der Waals surface area contributed by atoms with Gasteiger partial charge in [-0.1, -0.05) is 46.7 Å². The van der Waals surface area contributed by atoms with Crippen molar-refractivity contribution in [2.24, 2.45) is 0 Å². The Bertz CT molecular complexity index is 967. The van der Waals surface area contributed by atoms with Crippen molar-refractivity contribution < 1.29 is 9.53 Å². The molecule has 1 saturated heterocycles. The van der Waals surface area contributed by atoms with E-state index in [1.807, 2.05) is 49.4 Å². The van der Waals surface area contributed by atoms with Crippen LogP contribution >= 0.6 is 22.9 Å². The monoisotopic (exact) mass is 415 g/mol. The number of fused-ring (bicyclic) bond motifs is 1. The smallest absolute Gasteiger partial charge is 0.260 e. The van der Waals surface area contributed by atoms with Crippen LogP contribution in [0, 0.1) is 6.92 Å². The highest BCUT2D eigenvalue weighted by molar-refractivity contribution is 7.22. The molecule has 3 aromatic rings. The van der Waals surface area contributed by atoms with Crippen LogP contribution in [-0.2, 0) is 4.74 Å².